The van der Waals surface area contributed by atoms with Crippen molar-refractivity contribution in [1.82, 2.24) is 14.9 Å². The van der Waals surface area contributed by atoms with Gasteiger partial charge in [0.25, 0.3) is 0 Å². The van der Waals surface area contributed by atoms with Crippen LogP contribution in [0.5, 0.6) is 0 Å². The number of aliphatic hydroxyl groups is 1. The Labute approximate surface area is 185 Å². The fraction of sp³-hybridized carbons (Fsp3) is 0.480. The summed E-state index contributed by atoms with van der Waals surface area (Å²) in [6.45, 7) is 10.6. The molecule has 162 valence electrons. The molecule has 0 atom stereocenters. The van der Waals surface area contributed by atoms with E-state index in [1.807, 2.05) is 12.1 Å². The molecule has 31 heavy (non-hydrogen) atoms. The van der Waals surface area contributed by atoms with Gasteiger partial charge in [-0.05, 0) is 42.0 Å². The fourth-order valence-corrected chi connectivity index (χ4v) is 3.61. The van der Waals surface area contributed by atoms with Crippen molar-refractivity contribution >= 4 is 5.82 Å². The number of nitrogens with zero attached hydrogens (tertiary/aromatic N) is 5. The third-order valence-electron chi connectivity index (χ3n) is 5.15. The molecule has 1 aromatic carbocycles. The quantitative estimate of drug-likeness (QED) is 0.753. The molecule has 1 aliphatic heterocycles. The first kappa shape index (κ1) is 22.7. The molecule has 0 unspecified atom stereocenters. The Morgan fingerprint density at radius 1 is 1.16 bits per heavy atom. The summed E-state index contributed by atoms with van der Waals surface area (Å²) in [6, 6.07) is 12.2. The van der Waals surface area contributed by atoms with E-state index in [0.717, 1.165) is 56.0 Å². The number of anilines is 1. The van der Waals surface area contributed by atoms with Crippen molar-refractivity contribution in [2.75, 3.05) is 31.1 Å². The molecule has 0 bridgehead atoms. The highest BCUT2D eigenvalue weighted by atomic mass is 16.3. The molecule has 0 amide bonds. The number of hydrogen-bond acceptors (Lipinski definition) is 6. The Bertz CT molecular complexity index is 954. The van der Waals surface area contributed by atoms with Crippen LogP contribution in [0.3, 0.4) is 0 Å². The number of benzene rings is 1. The highest BCUT2D eigenvalue weighted by Gasteiger charge is 2.19. The van der Waals surface area contributed by atoms with Crippen molar-refractivity contribution in [3.05, 3.63) is 53.5 Å². The standard InChI is InChI=1S/C25H31N5O/c1-25(2,3)19-30(24-10-13-27-23(17-26)28-24)18-21-8-6-20(7-9-21)5-4-14-29-15-11-22(31)12-16-29/h6-10,13,22,31H,11-12,14-16,18-19H2,1-3H3. The molecule has 1 N–H and O–H groups in total. The van der Waals surface area contributed by atoms with E-state index in [9.17, 15) is 5.11 Å². The van der Waals surface area contributed by atoms with Gasteiger partial charge in [-0.15, -0.1) is 0 Å². The highest BCUT2D eigenvalue weighted by Crippen LogP contribution is 2.22. The third-order valence-corrected chi connectivity index (χ3v) is 5.15. The van der Waals surface area contributed by atoms with Crippen LogP contribution in [-0.2, 0) is 6.54 Å². The molecule has 6 nitrogen and oxygen atoms in total. The van der Waals surface area contributed by atoms with Gasteiger partial charge in [-0.25, -0.2) is 9.97 Å². The molecule has 0 radical (unpaired) electrons. The molecule has 0 spiro atoms. The van der Waals surface area contributed by atoms with Gasteiger partial charge in [0.15, 0.2) is 0 Å². The van der Waals surface area contributed by atoms with Crippen LogP contribution in [0.4, 0.5) is 5.82 Å². The van der Waals surface area contributed by atoms with Crippen molar-refractivity contribution in [2.45, 2.75) is 46.3 Å². The second-order valence-corrected chi connectivity index (χ2v) is 9.27. The minimum Gasteiger partial charge on any atom is -0.393 e. The molecular formula is C25H31N5O. The lowest BCUT2D eigenvalue weighted by Crippen LogP contribution is -2.35. The van der Waals surface area contributed by atoms with Crippen LogP contribution >= 0.6 is 0 Å². The van der Waals surface area contributed by atoms with Crippen molar-refractivity contribution in [3.8, 4) is 17.9 Å². The summed E-state index contributed by atoms with van der Waals surface area (Å²) in [5, 5.41) is 18.7. The molecule has 1 saturated heterocycles. The summed E-state index contributed by atoms with van der Waals surface area (Å²) in [5.41, 5.74) is 2.24. The minimum absolute atomic E-state index is 0.0771. The average Bonchev–Trinajstić information content (AvgIpc) is 2.75. The second kappa shape index (κ2) is 10.4. The van der Waals surface area contributed by atoms with Gasteiger partial charge in [0.1, 0.15) is 11.9 Å². The number of rotatable bonds is 5. The maximum Gasteiger partial charge on any atom is 0.234 e. The van der Waals surface area contributed by atoms with Gasteiger partial charge in [-0.1, -0.05) is 44.7 Å². The smallest absolute Gasteiger partial charge is 0.234 e. The number of piperidine rings is 1. The predicted octanol–water partition coefficient (Wildman–Crippen LogP) is 3.21. The molecular weight excluding hydrogens is 386 g/mol. The molecule has 3 rings (SSSR count). The summed E-state index contributed by atoms with van der Waals surface area (Å²) >= 11 is 0. The summed E-state index contributed by atoms with van der Waals surface area (Å²) in [5.74, 6) is 7.44. The van der Waals surface area contributed by atoms with Crippen molar-refractivity contribution in [3.63, 3.8) is 0 Å². The molecule has 1 fully saturated rings. The first-order valence-electron chi connectivity index (χ1n) is 10.8. The first-order chi connectivity index (χ1) is 14.8. The summed E-state index contributed by atoms with van der Waals surface area (Å²) in [7, 11) is 0. The lowest BCUT2D eigenvalue weighted by Gasteiger charge is -2.31. The van der Waals surface area contributed by atoms with Crippen molar-refractivity contribution in [2.24, 2.45) is 5.41 Å². The fourth-order valence-electron chi connectivity index (χ4n) is 3.61. The third kappa shape index (κ3) is 7.36. The van der Waals surface area contributed by atoms with E-state index in [2.05, 4.69) is 76.6 Å². The highest BCUT2D eigenvalue weighted by molar-refractivity contribution is 5.42. The Kier molecular flexibility index (Phi) is 7.63. The lowest BCUT2D eigenvalue weighted by molar-refractivity contribution is 0.0889. The molecule has 1 aromatic heterocycles. The Morgan fingerprint density at radius 3 is 2.52 bits per heavy atom. The van der Waals surface area contributed by atoms with Gasteiger partial charge in [0.2, 0.25) is 5.82 Å². The Hall–Kier alpha value is -2.93. The summed E-state index contributed by atoms with van der Waals surface area (Å²) in [6.07, 6.45) is 3.16. The van der Waals surface area contributed by atoms with Gasteiger partial charge in [0.05, 0.1) is 12.6 Å². The number of nitriles is 1. The zero-order chi connectivity index (χ0) is 22.3. The van der Waals surface area contributed by atoms with Crippen LogP contribution in [0.2, 0.25) is 0 Å². The zero-order valence-corrected chi connectivity index (χ0v) is 18.7. The molecule has 2 aromatic rings. The van der Waals surface area contributed by atoms with E-state index in [0.29, 0.717) is 6.54 Å². The van der Waals surface area contributed by atoms with Gasteiger partial charge in [-0.3, -0.25) is 4.90 Å². The van der Waals surface area contributed by atoms with E-state index in [1.54, 1.807) is 6.20 Å². The minimum atomic E-state index is -0.150. The largest absolute Gasteiger partial charge is 0.393 e. The molecule has 0 aliphatic carbocycles. The Morgan fingerprint density at radius 2 is 1.87 bits per heavy atom. The first-order valence-corrected chi connectivity index (χ1v) is 10.8. The predicted molar refractivity (Wildman–Crippen MR) is 122 cm³/mol. The van der Waals surface area contributed by atoms with Crippen LogP contribution in [0, 0.1) is 28.6 Å². The number of aromatic nitrogens is 2. The average molecular weight is 418 g/mol. The van der Waals surface area contributed by atoms with Crippen molar-refractivity contribution in [1.29, 1.82) is 5.26 Å². The van der Waals surface area contributed by atoms with Gasteiger partial charge < -0.3 is 10.0 Å². The molecule has 1 aliphatic rings. The number of likely N-dealkylation sites (tertiary alicyclic amines) is 1. The van der Waals surface area contributed by atoms with Gasteiger partial charge in [0, 0.05) is 37.9 Å². The van der Waals surface area contributed by atoms with Crippen LogP contribution in [0.1, 0.15) is 50.6 Å². The lowest BCUT2D eigenvalue weighted by atomic mass is 9.95. The van der Waals surface area contributed by atoms with Gasteiger partial charge in [-0.2, -0.15) is 5.26 Å². The van der Waals surface area contributed by atoms with Gasteiger partial charge >= 0.3 is 0 Å². The maximum absolute atomic E-state index is 9.59. The topological polar surface area (TPSA) is 76.3 Å². The SMILES string of the molecule is CC(C)(C)CN(Cc1ccc(C#CCN2CCC(O)CC2)cc1)c1ccnc(C#N)n1. The van der Waals surface area contributed by atoms with E-state index >= 15 is 0 Å². The molecule has 6 heteroatoms. The monoisotopic (exact) mass is 417 g/mol. The maximum atomic E-state index is 9.59. The number of aliphatic hydroxyl groups excluding tert-OH is 1. The summed E-state index contributed by atoms with van der Waals surface area (Å²) in [4.78, 5) is 12.9. The van der Waals surface area contributed by atoms with Crippen LogP contribution in [-0.4, -0.2) is 52.3 Å². The van der Waals surface area contributed by atoms with Crippen LogP contribution in [0.25, 0.3) is 0 Å². The van der Waals surface area contributed by atoms with E-state index in [4.69, 9.17) is 5.26 Å². The summed E-state index contributed by atoms with van der Waals surface area (Å²) < 4.78 is 0. The molecule has 0 saturated carbocycles. The second-order valence-electron chi connectivity index (χ2n) is 9.27. The Balaban J connectivity index is 1.65. The van der Waals surface area contributed by atoms with Crippen LogP contribution < -0.4 is 4.90 Å². The van der Waals surface area contributed by atoms with E-state index < -0.39 is 0 Å². The van der Waals surface area contributed by atoms with E-state index in [-0.39, 0.29) is 17.3 Å². The number of hydrogen-bond donors (Lipinski definition) is 1. The molecule has 2 heterocycles. The van der Waals surface area contributed by atoms with Crippen LogP contribution in [0.15, 0.2) is 36.5 Å². The normalized spacial score (nSPS) is 15.1. The zero-order valence-electron chi connectivity index (χ0n) is 18.7. The van der Waals surface area contributed by atoms with E-state index in [1.165, 1.54) is 0 Å². The van der Waals surface area contributed by atoms with Crippen molar-refractivity contribution < 1.29 is 5.11 Å².